The minimum atomic E-state index is 0.458. The number of hydrogen-bond donors (Lipinski definition) is 0. The lowest BCUT2D eigenvalue weighted by Crippen LogP contribution is -2.20. The quantitative estimate of drug-likeness (QED) is 0.442. The Bertz CT molecular complexity index is 153. The third-order valence-electron chi connectivity index (χ3n) is 2.75. The highest BCUT2D eigenvalue weighted by Crippen LogP contribution is 2.50. The van der Waals surface area contributed by atoms with Crippen molar-refractivity contribution < 1.29 is 9.47 Å². The molecule has 2 nitrogen and oxygen atoms in total. The molecule has 50 valence electrons. The van der Waals surface area contributed by atoms with Crippen LogP contribution in [-0.4, -0.2) is 24.4 Å². The summed E-state index contributed by atoms with van der Waals surface area (Å²) in [6, 6.07) is 0. The third-order valence-corrected chi connectivity index (χ3v) is 2.75. The predicted molar refractivity (Wildman–Crippen MR) is 31.1 cm³/mol. The zero-order chi connectivity index (χ0) is 6.01. The Labute approximate surface area is 54.1 Å². The molecule has 0 aromatic heterocycles. The van der Waals surface area contributed by atoms with E-state index in [1.165, 1.54) is 6.42 Å². The molecule has 5 atom stereocenters. The van der Waals surface area contributed by atoms with Crippen molar-refractivity contribution in [2.45, 2.75) is 37.8 Å². The van der Waals surface area contributed by atoms with E-state index in [-0.39, 0.29) is 0 Å². The summed E-state index contributed by atoms with van der Waals surface area (Å²) in [4.78, 5) is 0. The van der Waals surface area contributed by atoms with E-state index in [9.17, 15) is 0 Å². The Kier molecular flexibility index (Phi) is 0.616. The van der Waals surface area contributed by atoms with Gasteiger partial charge < -0.3 is 9.47 Å². The normalized spacial score (nSPS) is 68.3. The van der Waals surface area contributed by atoms with Gasteiger partial charge in [-0.25, -0.2) is 0 Å². The molecule has 2 bridgehead atoms. The van der Waals surface area contributed by atoms with Gasteiger partial charge in [-0.1, -0.05) is 6.92 Å². The molecule has 3 aliphatic heterocycles. The van der Waals surface area contributed by atoms with Crippen molar-refractivity contribution in [2.24, 2.45) is 5.92 Å². The van der Waals surface area contributed by atoms with Crippen molar-refractivity contribution in [3.8, 4) is 0 Å². The summed E-state index contributed by atoms with van der Waals surface area (Å²) >= 11 is 0. The average molecular weight is 126 g/mol. The topological polar surface area (TPSA) is 21.8 Å². The van der Waals surface area contributed by atoms with Crippen LogP contribution in [-0.2, 0) is 9.47 Å². The second-order valence-corrected chi connectivity index (χ2v) is 3.42. The van der Waals surface area contributed by atoms with E-state index in [0.717, 1.165) is 5.92 Å². The van der Waals surface area contributed by atoms with Gasteiger partial charge >= 0.3 is 0 Å². The molecule has 9 heavy (non-hydrogen) atoms. The second kappa shape index (κ2) is 1.18. The molecule has 0 spiro atoms. The average Bonchev–Trinajstić information content (AvgIpc) is 2.46. The van der Waals surface area contributed by atoms with Gasteiger partial charge in [0.25, 0.3) is 0 Å². The summed E-state index contributed by atoms with van der Waals surface area (Å²) in [6.07, 6.45) is 3.16. The number of rotatable bonds is 0. The van der Waals surface area contributed by atoms with E-state index in [4.69, 9.17) is 9.47 Å². The van der Waals surface area contributed by atoms with E-state index in [0.29, 0.717) is 24.4 Å². The van der Waals surface area contributed by atoms with E-state index in [1.54, 1.807) is 0 Å². The lowest BCUT2D eigenvalue weighted by atomic mass is 9.91. The highest BCUT2D eigenvalue weighted by molar-refractivity contribution is 5.10. The number of ether oxygens (including phenoxy) is 2. The van der Waals surface area contributed by atoms with Crippen molar-refractivity contribution in [1.82, 2.24) is 0 Å². The first-order valence-corrected chi connectivity index (χ1v) is 3.67. The molecule has 0 radical (unpaired) electrons. The first kappa shape index (κ1) is 4.69. The SMILES string of the molecule is C[C@H]1C[C@@H]2O[C@H]1[C@H]1O[C@@H]12. The molecule has 3 saturated heterocycles. The van der Waals surface area contributed by atoms with E-state index in [1.807, 2.05) is 0 Å². The van der Waals surface area contributed by atoms with Gasteiger partial charge in [-0.3, -0.25) is 0 Å². The van der Waals surface area contributed by atoms with Crippen LogP contribution in [0.3, 0.4) is 0 Å². The molecule has 3 heterocycles. The number of hydrogen-bond acceptors (Lipinski definition) is 2. The Morgan fingerprint density at radius 3 is 2.56 bits per heavy atom. The lowest BCUT2D eigenvalue weighted by Gasteiger charge is -2.08. The van der Waals surface area contributed by atoms with Crippen LogP contribution in [0.5, 0.6) is 0 Å². The highest BCUT2D eigenvalue weighted by Gasteiger charge is 2.63. The summed E-state index contributed by atoms with van der Waals surface area (Å²) < 4.78 is 11.0. The summed E-state index contributed by atoms with van der Waals surface area (Å²) in [5.74, 6) is 0.749. The van der Waals surface area contributed by atoms with Crippen molar-refractivity contribution in [3.63, 3.8) is 0 Å². The molecule has 0 aromatic carbocycles. The fraction of sp³-hybridized carbons (Fsp3) is 1.00. The maximum atomic E-state index is 5.62. The van der Waals surface area contributed by atoms with E-state index >= 15 is 0 Å². The number of fused-ring (bicyclic) bond motifs is 5. The van der Waals surface area contributed by atoms with Crippen LogP contribution in [0.2, 0.25) is 0 Å². The van der Waals surface area contributed by atoms with Crippen LogP contribution in [0, 0.1) is 5.92 Å². The van der Waals surface area contributed by atoms with E-state index < -0.39 is 0 Å². The van der Waals surface area contributed by atoms with Crippen LogP contribution in [0.4, 0.5) is 0 Å². The van der Waals surface area contributed by atoms with Gasteiger partial charge in [0.05, 0.1) is 12.2 Å². The van der Waals surface area contributed by atoms with Crippen molar-refractivity contribution in [1.29, 1.82) is 0 Å². The Morgan fingerprint density at radius 1 is 1.11 bits per heavy atom. The molecule has 0 saturated carbocycles. The fourth-order valence-electron chi connectivity index (χ4n) is 2.20. The molecule has 3 rings (SSSR count). The smallest absolute Gasteiger partial charge is 0.113 e. The van der Waals surface area contributed by atoms with Crippen LogP contribution < -0.4 is 0 Å². The molecule has 0 unspecified atom stereocenters. The minimum Gasteiger partial charge on any atom is -0.369 e. The maximum absolute atomic E-state index is 5.62. The zero-order valence-corrected chi connectivity index (χ0v) is 5.41. The molecule has 0 amide bonds. The molecule has 2 heteroatoms. The standard InChI is InChI=1S/C7H10O2/c1-3-2-4-6-7(9-6)5(3)8-4/h3-7H,2H2,1H3/t3-,4-,5+,6+,7+/m0/s1. The fourth-order valence-corrected chi connectivity index (χ4v) is 2.20. The monoisotopic (exact) mass is 126 g/mol. The Morgan fingerprint density at radius 2 is 2.00 bits per heavy atom. The third kappa shape index (κ3) is 0.413. The van der Waals surface area contributed by atoms with Crippen molar-refractivity contribution in [3.05, 3.63) is 0 Å². The molecular weight excluding hydrogens is 116 g/mol. The summed E-state index contributed by atoms with van der Waals surface area (Å²) in [5, 5.41) is 0. The minimum absolute atomic E-state index is 0.458. The second-order valence-electron chi connectivity index (χ2n) is 3.42. The molecule has 0 aliphatic carbocycles. The molecule has 0 aromatic rings. The van der Waals surface area contributed by atoms with Gasteiger partial charge in [-0.15, -0.1) is 0 Å². The number of epoxide rings is 1. The molecular formula is C7H10O2. The first-order chi connectivity index (χ1) is 4.36. The van der Waals surface area contributed by atoms with Gasteiger partial charge in [0.1, 0.15) is 12.2 Å². The van der Waals surface area contributed by atoms with Crippen LogP contribution in [0.15, 0.2) is 0 Å². The van der Waals surface area contributed by atoms with Crippen LogP contribution >= 0.6 is 0 Å². The summed E-state index contributed by atoms with van der Waals surface area (Å²) in [5.41, 5.74) is 0. The Balaban J connectivity index is 1.96. The van der Waals surface area contributed by atoms with Gasteiger partial charge in [0, 0.05) is 0 Å². The van der Waals surface area contributed by atoms with Crippen molar-refractivity contribution >= 4 is 0 Å². The maximum Gasteiger partial charge on any atom is 0.113 e. The predicted octanol–water partition coefficient (Wildman–Crippen LogP) is 0.561. The van der Waals surface area contributed by atoms with Crippen molar-refractivity contribution in [2.75, 3.05) is 0 Å². The van der Waals surface area contributed by atoms with E-state index in [2.05, 4.69) is 6.92 Å². The zero-order valence-electron chi connectivity index (χ0n) is 5.41. The molecule has 3 fully saturated rings. The van der Waals surface area contributed by atoms with Gasteiger partial charge in [-0.2, -0.15) is 0 Å². The highest BCUT2D eigenvalue weighted by atomic mass is 16.7. The van der Waals surface area contributed by atoms with Gasteiger partial charge in [-0.05, 0) is 12.3 Å². The molecule has 0 N–H and O–H groups in total. The first-order valence-electron chi connectivity index (χ1n) is 3.67. The largest absolute Gasteiger partial charge is 0.369 e. The lowest BCUT2D eigenvalue weighted by molar-refractivity contribution is 0.0133. The molecule has 3 aliphatic rings. The Hall–Kier alpha value is -0.0800. The van der Waals surface area contributed by atoms with Crippen LogP contribution in [0.25, 0.3) is 0 Å². The van der Waals surface area contributed by atoms with Gasteiger partial charge in [0.15, 0.2) is 0 Å². The summed E-state index contributed by atoms with van der Waals surface area (Å²) in [6.45, 7) is 2.25. The summed E-state index contributed by atoms with van der Waals surface area (Å²) in [7, 11) is 0. The van der Waals surface area contributed by atoms with Gasteiger partial charge in [0.2, 0.25) is 0 Å². The van der Waals surface area contributed by atoms with Crippen LogP contribution in [0.1, 0.15) is 13.3 Å².